The van der Waals surface area contributed by atoms with Crippen molar-refractivity contribution in [1.82, 2.24) is 5.32 Å². The van der Waals surface area contributed by atoms with Crippen molar-refractivity contribution in [3.8, 4) is 0 Å². The van der Waals surface area contributed by atoms with E-state index in [4.69, 9.17) is 5.73 Å². The van der Waals surface area contributed by atoms with Gasteiger partial charge in [-0.2, -0.15) is 0 Å². The van der Waals surface area contributed by atoms with Crippen LogP contribution in [0.4, 0.5) is 0 Å². The number of rotatable bonds is 2. The largest absolute Gasteiger partial charge is 0.355 e. The Morgan fingerprint density at radius 3 is 1.69 bits per heavy atom. The average molecular weight is 180 g/mol. The molecule has 72 valence electrons. The lowest BCUT2D eigenvalue weighted by Gasteiger charge is -1.93. The molecule has 0 heterocycles. The third kappa shape index (κ3) is 8.56. The maximum Gasteiger partial charge on any atom is 0.233 e. The molecule has 0 spiro atoms. The number of hydrogen-bond donors (Lipinski definition) is 2. The smallest absolute Gasteiger partial charge is 0.233 e. The van der Waals surface area contributed by atoms with Crippen LogP contribution in [0.3, 0.4) is 0 Å². The maximum absolute atomic E-state index is 10.2. The Balaban J connectivity index is 0.000000223. The molecule has 0 bridgehead atoms. The molecule has 1 rings (SSSR count). The van der Waals surface area contributed by atoms with E-state index in [9.17, 15) is 4.79 Å². The second-order valence-corrected chi connectivity index (χ2v) is 2.31. The fourth-order valence-corrected chi connectivity index (χ4v) is 0.654. The zero-order chi connectivity index (χ0) is 9.94. The number of benzene rings is 1. The van der Waals surface area contributed by atoms with E-state index in [2.05, 4.69) is 5.32 Å². The van der Waals surface area contributed by atoms with E-state index in [-0.39, 0.29) is 12.5 Å². The van der Waals surface area contributed by atoms with Crippen LogP contribution in [0.1, 0.15) is 6.92 Å². The van der Waals surface area contributed by atoms with Crippen molar-refractivity contribution < 1.29 is 4.79 Å². The molecule has 0 aliphatic rings. The van der Waals surface area contributed by atoms with E-state index in [1.54, 1.807) is 0 Å². The van der Waals surface area contributed by atoms with Crippen molar-refractivity contribution >= 4 is 5.91 Å². The van der Waals surface area contributed by atoms with Gasteiger partial charge in [-0.1, -0.05) is 36.4 Å². The van der Waals surface area contributed by atoms with Gasteiger partial charge in [-0.15, -0.1) is 0 Å². The summed E-state index contributed by atoms with van der Waals surface area (Å²) in [6, 6.07) is 12.0. The predicted octanol–water partition coefficient (Wildman–Crippen LogP) is 0.768. The van der Waals surface area contributed by atoms with Crippen LogP contribution in [0.5, 0.6) is 0 Å². The molecule has 13 heavy (non-hydrogen) atoms. The van der Waals surface area contributed by atoms with Gasteiger partial charge in [0.05, 0.1) is 6.54 Å². The summed E-state index contributed by atoms with van der Waals surface area (Å²) in [7, 11) is 0. The highest BCUT2D eigenvalue weighted by Crippen LogP contribution is 1.79. The second-order valence-electron chi connectivity index (χ2n) is 2.31. The number of amides is 1. The van der Waals surface area contributed by atoms with Gasteiger partial charge >= 0.3 is 0 Å². The molecule has 3 N–H and O–H groups in total. The van der Waals surface area contributed by atoms with Crippen molar-refractivity contribution in [2.45, 2.75) is 6.92 Å². The summed E-state index contributed by atoms with van der Waals surface area (Å²) in [6.45, 7) is 2.61. The minimum absolute atomic E-state index is 0.0911. The Bertz CT molecular complexity index is 185. The third-order valence-electron chi connectivity index (χ3n) is 1.23. The van der Waals surface area contributed by atoms with Crippen molar-refractivity contribution in [3.05, 3.63) is 36.4 Å². The minimum atomic E-state index is -0.0949. The van der Waals surface area contributed by atoms with Gasteiger partial charge in [-0.3, -0.25) is 4.79 Å². The topological polar surface area (TPSA) is 55.1 Å². The highest BCUT2D eigenvalue weighted by Gasteiger charge is 1.88. The number of nitrogens with one attached hydrogen (secondary N) is 1. The Morgan fingerprint density at radius 2 is 1.54 bits per heavy atom. The highest BCUT2D eigenvalue weighted by molar-refractivity contribution is 5.77. The highest BCUT2D eigenvalue weighted by atomic mass is 16.1. The zero-order valence-electron chi connectivity index (χ0n) is 7.86. The van der Waals surface area contributed by atoms with Crippen LogP contribution in [0.15, 0.2) is 36.4 Å². The molecule has 3 heteroatoms. The number of nitrogens with two attached hydrogens (primary N) is 1. The van der Waals surface area contributed by atoms with Crippen LogP contribution >= 0.6 is 0 Å². The van der Waals surface area contributed by atoms with Crippen molar-refractivity contribution in [1.29, 1.82) is 0 Å². The predicted molar refractivity (Wildman–Crippen MR) is 54.2 cm³/mol. The molecule has 0 aliphatic heterocycles. The van der Waals surface area contributed by atoms with Gasteiger partial charge in [-0.25, -0.2) is 0 Å². The lowest BCUT2D eigenvalue weighted by Crippen LogP contribution is -2.29. The van der Waals surface area contributed by atoms with Crippen LogP contribution in [0.2, 0.25) is 0 Å². The quantitative estimate of drug-likeness (QED) is 0.706. The molecule has 0 unspecified atom stereocenters. The maximum atomic E-state index is 10.2. The van der Waals surface area contributed by atoms with Gasteiger partial charge in [0.2, 0.25) is 5.91 Å². The molecule has 0 saturated heterocycles. The molecular weight excluding hydrogens is 164 g/mol. The Hall–Kier alpha value is -1.35. The van der Waals surface area contributed by atoms with E-state index in [0.29, 0.717) is 6.54 Å². The first-order valence-corrected chi connectivity index (χ1v) is 4.28. The third-order valence-corrected chi connectivity index (χ3v) is 1.23. The summed E-state index contributed by atoms with van der Waals surface area (Å²) < 4.78 is 0. The Labute approximate surface area is 78.9 Å². The first-order valence-electron chi connectivity index (χ1n) is 4.28. The van der Waals surface area contributed by atoms with Crippen LogP contribution in [0, 0.1) is 0 Å². The van der Waals surface area contributed by atoms with Gasteiger partial charge in [0.15, 0.2) is 0 Å². The summed E-state index contributed by atoms with van der Waals surface area (Å²) in [6.07, 6.45) is 0. The van der Waals surface area contributed by atoms with Crippen molar-refractivity contribution in [2.75, 3.05) is 13.1 Å². The summed E-state index contributed by atoms with van der Waals surface area (Å²) in [5.74, 6) is -0.0949. The SMILES string of the molecule is CCNC(=O)CN.c1ccccc1. The molecular formula is C10H16N2O. The molecule has 3 nitrogen and oxygen atoms in total. The van der Waals surface area contributed by atoms with E-state index in [1.165, 1.54) is 0 Å². The number of carbonyl (C=O) groups is 1. The Kier molecular flexibility index (Phi) is 7.84. The van der Waals surface area contributed by atoms with Crippen LogP contribution in [-0.4, -0.2) is 19.0 Å². The fourth-order valence-electron chi connectivity index (χ4n) is 0.654. The first kappa shape index (κ1) is 11.6. The Morgan fingerprint density at radius 1 is 1.15 bits per heavy atom. The molecule has 0 aliphatic carbocycles. The molecule has 0 radical (unpaired) electrons. The van der Waals surface area contributed by atoms with Gasteiger partial charge in [0.25, 0.3) is 0 Å². The van der Waals surface area contributed by atoms with E-state index in [0.717, 1.165) is 0 Å². The van der Waals surface area contributed by atoms with Crippen molar-refractivity contribution in [2.24, 2.45) is 5.73 Å². The summed E-state index contributed by atoms with van der Waals surface area (Å²) in [5.41, 5.74) is 4.95. The number of likely N-dealkylation sites (N-methyl/N-ethyl adjacent to an activating group) is 1. The van der Waals surface area contributed by atoms with Crippen LogP contribution < -0.4 is 11.1 Å². The molecule has 0 fully saturated rings. The lowest BCUT2D eigenvalue weighted by atomic mass is 10.4. The van der Waals surface area contributed by atoms with Crippen molar-refractivity contribution in [3.63, 3.8) is 0 Å². The minimum Gasteiger partial charge on any atom is -0.355 e. The molecule has 0 saturated carbocycles. The monoisotopic (exact) mass is 180 g/mol. The van der Waals surface area contributed by atoms with Gasteiger partial charge < -0.3 is 11.1 Å². The summed E-state index contributed by atoms with van der Waals surface area (Å²) >= 11 is 0. The molecule has 0 aromatic heterocycles. The van der Waals surface area contributed by atoms with Crippen LogP contribution in [0.25, 0.3) is 0 Å². The van der Waals surface area contributed by atoms with Gasteiger partial charge in [-0.05, 0) is 6.92 Å². The molecule has 1 amide bonds. The number of carbonyl (C=O) groups excluding carboxylic acids is 1. The first-order chi connectivity index (χ1) is 6.31. The average Bonchev–Trinajstić information content (AvgIpc) is 2.22. The fraction of sp³-hybridized carbons (Fsp3) is 0.300. The zero-order valence-corrected chi connectivity index (χ0v) is 7.86. The second kappa shape index (κ2) is 8.74. The molecule has 0 atom stereocenters. The standard InChI is InChI=1S/C6H6.C4H10N2O/c1-2-4-6-5-3-1;1-2-6-4(7)3-5/h1-6H;2-3,5H2,1H3,(H,6,7). The van der Waals surface area contributed by atoms with Gasteiger partial charge in [0, 0.05) is 6.54 Å². The number of hydrogen-bond acceptors (Lipinski definition) is 2. The van der Waals surface area contributed by atoms with E-state index >= 15 is 0 Å². The van der Waals surface area contributed by atoms with Crippen LogP contribution in [-0.2, 0) is 4.79 Å². The molecule has 1 aromatic rings. The summed E-state index contributed by atoms with van der Waals surface area (Å²) in [5, 5.41) is 2.53. The normalized spacial score (nSPS) is 8.15. The van der Waals surface area contributed by atoms with E-state index < -0.39 is 0 Å². The lowest BCUT2D eigenvalue weighted by molar-refractivity contribution is -0.119. The van der Waals surface area contributed by atoms with Gasteiger partial charge in [0.1, 0.15) is 0 Å². The summed E-state index contributed by atoms with van der Waals surface area (Å²) in [4.78, 5) is 10.2. The van der Waals surface area contributed by atoms with E-state index in [1.807, 2.05) is 43.3 Å². The molecule has 1 aromatic carbocycles.